The zero-order chi connectivity index (χ0) is 18.4. The van der Waals surface area contributed by atoms with Gasteiger partial charge in [-0.1, -0.05) is 6.07 Å². The van der Waals surface area contributed by atoms with Crippen LogP contribution < -0.4 is 10.6 Å². The van der Waals surface area contributed by atoms with Gasteiger partial charge in [0.25, 0.3) is 0 Å². The number of carbonyl (C=O) groups excluding carboxylic acids is 3. The molecule has 7 nitrogen and oxygen atoms in total. The maximum Gasteiger partial charge on any atom is 0.339 e. The van der Waals surface area contributed by atoms with Gasteiger partial charge in [-0.3, -0.25) is 0 Å². The maximum absolute atomic E-state index is 13.2. The van der Waals surface area contributed by atoms with Crippen molar-refractivity contribution < 1.29 is 28.2 Å². The summed E-state index contributed by atoms with van der Waals surface area (Å²) in [5.41, 5.74) is 0.450. The third kappa shape index (κ3) is 4.54. The Balaban J connectivity index is 2.27. The molecule has 0 unspecified atom stereocenters. The molecule has 0 heterocycles. The van der Waals surface area contributed by atoms with Gasteiger partial charge < -0.3 is 20.1 Å². The molecule has 2 aromatic carbocycles. The van der Waals surface area contributed by atoms with Crippen LogP contribution in [0.5, 0.6) is 0 Å². The van der Waals surface area contributed by atoms with Gasteiger partial charge in [0.2, 0.25) is 0 Å². The molecule has 2 aromatic rings. The number of halogens is 1. The fraction of sp³-hybridized carbons (Fsp3) is 0.118. The largest absolute Gasteiger partial charge is 0.465 e. The van der Waals surface area contributed by atoms with Gasteiger partial charge in [0, 0.05) is 5.69 Å². The number of carbonyl (C=O) groups is 3. The van der Waals surface area contributed by atoms with E-state index in [1.807, 2.05) is 0 Å². The van der Waals surface area contributed by atoms with E-state index >= 15 is 0 Å². The van der Waals surface area contributed by atoms with E-state index in [-0.39, 0.29) is 22.5 Å². The number of hydrogen-bond donors (Lipinski definition) is 2. The van der Waals surface area contributed by atoms with Crippen molar-refractivity contribution in [1.82, 2.24) is 0 Å². The van der Waals surface area contributed by atoms with Gasteiger partial charge in [0.05, 0.1) is 31.0 Å². The molecule has 0 bridgehead atoms. The Morgan fingerprint density at radius 1 is 0.920 bits per heavy atom. The van der Waals surface area contributed by atoms with Crippen LogP contribution in [0.1, 0.15) is 20.7 Å². The number of urea groups is 1. The van der Waals surface area contributed by atoms with Crippen molar-refractivity contribution in [3.05, 3.63) is 59.4 Å². The van der Waals surface area contributed by atoms with Crippen molar-refractivity contribution in [2.24, 2.45) is 0 Å². The molecule has 8 heteroatoms. The average Bonchev–Trinajstić information content (AvgIpc) is 2.60. The number of amides is 2. The first-order valence-corrected chi connectivity index (χ1v) is 7.09. The maximum atomic E-state index is 13.2. The molecule has 0 saturated heterocycles. The SMILES string of the molecule is COC(=O)c1ccc(C(=O)OC)c(NC(=O)Nc2cccc(F)c2)c1. The van der Waals surface area contributed by atoms with Crippen molar-refractivity contribution in [3.8, 4) is 0 Å². The highest BCUT2D eigenvalue weighted by Crippen LogP contribution is 2.20. The number of hydrogen-bond acceptors (Lipinski definition) is 5. The Morgan fingerprint density at radius 2 is 1.64 bits per heavy atom. The fourth-order valence-electron chi connectivity index (χ4n) is 2.03. The van der Waals surface area contributed by atoms with E-state index in [2.05, 4.69) is 20.1 Å². The van der Waals surface area contributed by atoms with Crippen molar-refractivity contribution in [2.45, 2.75) is 0 Å². The summed E-state index contributed by atoms with van der Waals surface area (Å²) in [6.45, 7) is 0. The van der Waals surface area contributed by atoms with Gasteiger partial charge in [-0.25, -0.2) is 18.8 Å². The van der Waals surface area contributed by atoms with E-state index in [0.29, 0.717) is 0 Å². The van der Waals surface area contributed by atoms with Crippen LogP contribution in [0.25, 0.3) is 0 Å². The summed E-state index contributed by atoms with van der Waals surface area (Å²) in [6, 6.07) is 8.55. The number of anilines is 2. The number of methoxy groups -OCH3 is 2. The molecule has 0 saturated carbocycles. The standard InChI is InChI=1S/C17H15FN2O5/c1-24-15(21)10-6-7-13(16(22)25-2)14(8-10)20-17(23)19-12-5-3-4-11(18)9-12/h3-9H,1-2H3,(H2,19,20,23). The Kier molecular flexibility index (Phi) is 5.67. The molecule has 0 atom stereocenters. The van der Waals surface area contributed by atoms with Gasteiger partial charge in [0.15, 0.2) is 0 Å². The lowest BCUT2D eigenvalue weighted by molar-refractivity contribution is 0.0587. The summed E-state index contributed by atoms with van der Waals surface area (Å²) in [5, 5.41) is 4.85. The van der Waals surface area contributed by atoms with E-state index < -0.39 is 23.8 Å². The average molecular weight is 346 g/mol. The third-order valence-electron chi connectivity index (χ3n) is 3.18. The monoisotopic (exact) mass is 346 g/mol. The van der Waals surface area contributed by atoms with Crippen LogP contribution in [0.15, 0.2) is 42.5 Å². The molecule has 2 rings (SSSR count). The normalized spacial score (nSPS) is 9.88. The molecular formula is C17H15FN2O5. The van der Waals surface area contributed by atoms with Crippen LogP contribution in [0.4, 0.5) is 20.6 Å². The third-order valence-corrected chi connectivity index (χ3v) is 3.18. The van der Waals surface area contributed by atoms with Crippen molar-refractivity contribution >= 4 is 29.3 Å². The summed E-state index contributed by atoms with van der Waals surface area (Å²) in [5.74, 6) is -1.84. The first-order chi connectivity index (χ1) is 11.9. The fourth-order valence-corrected chi connectivity index (χ4v) is 2.03. The Hall–Kier alpha value is -3.42. The molecule has 0 fully saturated rings. The quantitative estimate of drug-likeness (QED) is 0.830. The highest BCUT2D eigenvalue weighted by atomic mass is 19.1. The van der Waals surface area contributed by atoms with Gasteiger partial charge in [0.1, 0.15) is 5.82 Å². The smallest absolute Gasteiger partial charge is 0.339 e. The Labute approximate surface area is 142 Å². The zero-order valence-electron chi connectivity index (χ0n) is 13.5. The minimum atomic E-state index is -0.724. The number of benzene rings is 2. The highest BCUT2D eigenvalue weighted by Gasteiger charge is 2.17. The topological polar surface area (TPSA) is 93.7 Å². The van der Waals surface area contributed by atoms with Crippen LogP contribution in [-0.2, 0) is 9.47 Å². The lowest BCUT2D eigenvalue weighted by Gasteiger charge is -2.12. The van der Waals surface area contributed by atoms with Crippen LogP contribution in [-0.4, -0.2) is 32.2 Å². The first-order valence-electron chi connectivity index (χ1n) is 7.09. The van der Waals surface area contributed by atoms with Crippen LogP contribution >= 0.6 is 0 Å². The molecule has 0 radical (unpaired) electrons. The lowest BCUT2D eigenvalue weighted by Crippen LogP contribution is -2.21. The Bertz CT molecular complexity index is 822. The van der Waals surface area contributed by atoms with Gasteiger partial charge >= 0.3 is 18.0 Å². The molecule has 0 aromatic heterocycles. The molecule has 25 heavy (non-hydrogen) atoms. The first kappa shape index (κ1) is 17.9. The second-order valence-electron chi connectivity index (χ2n) is 4.83. The minimum Gasteiger partial charge on any atom is -0.465 e. The Morgan fingerprint density at radius 3 is 2.28 bits per heavy atom. The molecule has 0 aliphatic heterocycles. The summed E-state index contributed by atoms with van der Waals surface area (Å²) >= 11 is 0. The van der Waals surface area contributed by atoms with E-state index in [0.717, 1.165) is 6.07 Å². The van der Waals surface area contributed by atoms with E-state index in [1.54, 1.807) is 0 Å². The predicted molar refractivity (Wildman–Crippen MR) is 88.2 cm³/mol. The highest BCUT2D eigenvalue weighted by molar-refractivity contribution is 6.06. The molecule has 0 spiro atoms. The van der Waals surface area contributed by atoms with Crippen molar-refractivity contribution in [2.75, 3.05) is 24.9 Å². The van der Waals surface area contributed by atoms with Gasteiger partial charge in [-0.05, 0) is 36.4 Å². The van der Waals surface area contributed by atoms with E-state index in [9.17, 15) is 18.8 Å². The summed E-state index contributed by atoms with van der Waals surface area (Å²) < 4.78 is 22.4. The summed E-state index contributed by atoms with van der Waals surface area (Å²) in [7, 11) is 2.40. The zero-order valence-corrected chi connectivity index (χ0v) is 13.5. The van der Waals surface area contributed by atoms with Crippen molar-refractivity contribution in [3.63, 3.8) is 0 Å². The predicted octanol–water partition coefficient (Wildman–Crippen LogP) is 3.04. The molecule has 0 aliphatic carbocycles. The lowest BCUT2D eigenvalue weighted by atomic mass is 10.1. The molecule has 2 N–H and O–H groups in total. The number of nitrogens with one attached hydrogen (secondary N) is 2. The summed E-state index contributed by atoms with van der Waals surface area (Å²) in [4.78, 5) is 35.5. The minimum absolute atomic E-state index is 0.0450. The molecule has 130 valence electrons. The van der Waals surface area contributed by atoms with Crippen LogP contribution in [0, 0.1) is 5.82 Å². The number of esters is 2. The number of ether oxygens (including phenoxy) is 2. The van der Waals surface area contributed by atoms with E-state index in [1.165, 1.54) is 50.6 Å². The second-order valence-corrected chi connectivity index (χ2v) is 4.83. The van der Waals surface area contributed by atoms with E-state index in [4.69, 9.17) is 0 Å². The summed E-state index contributed by atoms with van der Waals surface area (Å²) in [6.07, 6.45) is 0. The van der Waals surface area contributed by atoms with Crippen LogP contribution in [0.3, 0.4) is 0 Å². The van der Waals surface area contributed by atoms with Gasteiger partial charge in [-0.15, -0.1) is 0 Å². The molecule has 2 amide bonds. The van der Waals surface area contributed by atoms with Crippen molar-refractivity contribution in [1.29, 1.82) is 0 Å². The van der Waals surface area contributed by atoms with Gasteiger partial charge in [-0.2, -0.15) is 0 Å². The van der Waals surface area contributed by atoms with Crippen LogP contribution in [0.2, 0.25) is 0 Å². The number of rotatable bonds is 4. The molecular weight excluding hydrogens is 331 g/mol. The second kappa shape index (κ2) is 7.91. The molecule has 0 aliphatic rings.